The molecule has 3 aromatic carbocycles. The number of sulfonamides is 1. The van der Waals surface area contributed by atoms with Gasteiger partial charge in [-0.1, -0.05) is 48.3 Å². The standard InChI is InChI=1S/C30H35Cl2N3O5S/c1-5-21(3)33-30(37)22(4)34(19-23-9-7-8-10-28(23)32)29(36)20-35(25-13-15-26(16-14-25)40-6-2)41(38,39)27-17-11-24(31)12-18-27/h7-18,21-22H,5-6,19-20H2,1-4H3,(H,33,37). The Kier molecular flexibility index (Phi) is 11.5. The summed E-state index contributed by atoms with van der Waals surface area (Å²) in [6, 6.07) is 18.1. The number of nitrogens with one attached hydrogen (secondary N) is 1. The van der Waals surface area contributed by atoms with Crippen LogP contribution < -0.4 is 14.4 Å². The van der Waals surface area contributed by atoms with Crippen molar-refractivity contribution in [2.45, 2.75) is 57.6 Å². The first-order valence-electron chi connectivity index (χ1n) is 13.3. The summed E-state index contributed by atoms with van der Waals surface area (Å²) in [6.45, 7) is 7.15. The molecule has 0 fully saturated rings. The van der Waals surface area contributed by atoms with E-state index in [9.17, 15) is 18.0 Å². The molecule has 3 rings (SSSR count). The Morgan fingerprint density at radius 1 is 0.927 bits per heavy atom. The molecular formula is C30H35Cl2N3O5S. The number of benzene rings is 3. The summed E-state index contributed by atoms with van der Waals surface area (Å²) < 4.78 is 34.3. The zero-order valence-corrected chi connectivity index (χ0v) is 25.8. The number of hydrogen-bond acceptors (Lipinski definition) is 5. The Hall–Kier alpha value is -3.27. The second-order valence-corrected chi connectivity index (χ2v) is 12.2. The zero-order valence-electron chi connectivity index (χ0n) is 23.5. The normalized spacial score (nSPS) is 12.7. The molecule has 2 atom stereocenters. The molecule has 2 amide bonds. The monoisotopic (exact) mass is 619 g/mol. The van der Waals surface area contributed by atoms with Gasteiger partial charge in [0.15, 0.2) is 0 Å². The smallest absolute Gasteiger partial charge is 0.264 e. The summed E-state index contributed by atoms with van der Waals surface area (Å²) in [5.41, 5.74) is 0.880. The second-order valence-electron chi connectivity index (χ2n) is 9.50. The molecule has 220 valence electrons. The molecule has 0 saturated heterocycles. The highest BCUT2D eigenvalue weighted by Gasteiger charge is 2.33. The summed E-state index contributed by atoms with van der Waals surface area (Å²) in [5, 5.41) is 3.71. The maximum atomic E-state index is 14.0. The number of anilines is 1. The molecule has 0 saturated carbocycles. The van der Waals surface area contributed by atoms with E-state index >= 15 is 0 Å². The number of nitrogens with zero attached hydrogens (tertiary/aromatic N) is 2. The summed E-state index contributed by atoms with van der Waals surface area (Å²) in [7, 11) is -4.21. The fourth-order valence-corrected chi connectivity index (χ4v) is 5.73. The predicted octanol–water partition coefficient (Wildman–Crippen LogP) is 5.92. The van der Waals surface area contributed by atoms with Gasteiger partial charge in [-0.3, -0.25) is 13.9 Å². The molecule has 0 spiro atoms. The fraction of sp³-hybridized carbons (Fsp3) is 0.333. The van der Waals surface area contributed by atoms with Crippen LogP contribution in [0.2, 0.25) is 10.0 Å². The fourth-order valence-electron chi connectivity index (χ4n) is 4.00. The van der Waals surface area contributed by atoms with Crippen molar-refractivity contribution in [1.82, 2.24) is 10.2 Å². The van der Waals surface area contributed by atoms with E-state index in [1.165, 1.54) is 29.2 Å². The average molecular weight is 621 g/mol. The SMILES string of the molecule is CCOc1ccc(N(CC(=O)N(Cc2ccccc2Cl)C(C)C(=O)NC(C)CC)S(=O)(=O)c2ccc(Cl)cc2)cc1. The molecule has 0 radical (unpaired) electrons. The van der Waals surface area contributed by atoms with Crippen molar-refractivity contribution in [2.75, 3.05) is 17.5 Å². The van der Waals surface area contributed by atoms with E-state index in [4.69, 9.17) is 27.9 Å². The first-order valence-corrected chi connectivity index (χ1v) is 15.5. The zero-order chi connectivity index (χ0) is 30.2. The number of hydrogen-bond donors (Lipinski definition) is 1. The molecule has 0 bridgehead atoms. The van der Waals surface area contributed by atoms with Crippen molar-refractivity contribution in [2.24, 2.45) is 0 Å². The molecule has 2 unspecified atom stereocenters. The Balaban J connectivity index is 2.04. The lowest BCUT2D eigenvalue weighted by atomic mass is 10.1. The Morgan fingerprint density at radius 3 is 2.15 bits per heavy atom. The van der Waals surface area contributed by atoms with Crippen LogP contribution in [0.4, 0.5) is 5.69 Å². The van der Waals surface area contributed by atoms with E-state index in [0.717, 1.165) is 4.31 Å². The Morgan fingerprint density at radius 2 is 1.56 bits per heavy atom. The highest BCUT2D eigenvalue weighted by Crippen LogP contribution is 2.28. The molecule has 0 aromatic heterocycles. The quantitative estimate of drug-likeness (QED) is 0.256. The van der Waals surface area contributed by atoms with Gasteiger partial charge < -0.3 is 15.0 Å². The van der Waals surface area contributed by atoms with E-state index in [1.807, 2.05) is 20.8 Å². The van der Waals surface area contributed by atoms with Crippen LogP contribution in [-0.2, 0) is 26.2 Å². The van der Waals surface area contributed by atoms with Crippen molar-refractivity contribution in [3.8, 4) is 5.75 Å². The lowest BCUT2D eigenvalue weighted by Gasteiger charge is -2.32. The molecular weight excluding hydrogens is 585 g/mol. The van der Waals surface area contributed by atoms with Gasteiger partial charge in [0, 0.05) is 22.6 Å². The topological polar surface area (TPSA) is 96.0 Å². The van der Waals surface area contributed by atoms with E-state index in [-0.39, 0.29) is 29.1 Å². The first kappa shape index (κ1) is 32.2. The van der Waals surface area contributed by atoms with Gasteiger partial charge in [-0.25, -0.2) is 8.42 Å². The van der Waals surface area contributed by atoms with Gasteiger partial charge in [0.1, 0.15) is 18.3 Å². The van der Waals surface area contributed by atoms with E-state index in [0.29, 0.717) is 34.4 Å². The van der Waals surface area contributed by atoms with Crippen LogP contribution >= 0.6 is 23.2 Å². The molecule has 8 nitrogen and oxygen atoms in total. The van der Waals surface area contributed by atoms with Gasteiger partial charge in [-0.2, -0.15) is 0 Å². The lowest BCUT2D eigenvalue weighted by molar-refractivity contribution is -0.139. The van der Waals surface area contributed by atoms with Gasteiger partial charge >= 0.3 is 0 Å². The first-order chi connectivity index (χ1) is 19.5. The third kappa shape index (κ3) is 8.38. The minimum absolute atomic E-state index is 0.00566. The van der Waals surface area contributed by atoms with E-state index in [1.54, 1.807) is 55.5 Å². The Labute approximate surface area is 252 Å². The van der Waals surface area contributed by atoms with E-state index < -0.39 is 28.5 Å². The van der Waals surface area contributed by atoms with Crippen molar-refractivity contribution >= 4 is 50.7 Å². The summed E-state index contributed by atoms with van der Waals surface area (Å²) in [4.78, 5) is 28.4. The minimum atomic E-state index is -4.21. The number of carbonyl (C=O) groups excluding carboxylic acids is 2. The molecule has 3 aromatic rings. The van der Waals surface area contributed by atoms with Crippen LogP contribution in [0.25, 0.3) is 0 Å². The van der Waals surface area contributed by atoms with Crippen LogP contribution in [0.5, 0.6) is 5.75 Å². The molecule has 11 heteroatoms. The maximum Gasteiger partial charge on any atom is 0.264 e. The number of halogens is 2. The van der Waals surface area contributed by atoms with Crippen LogP contribution in [0, 0.1) is 0 Å². The van der Waals surface area contributed by atoms with Gasteiger partial charge in [0.05, 0.1) is 17.2 Å². The van der Waals surface area contributed by atoms with Gasteiger partial charge in [0.2, 0.25) is 11.8 Å². The predicted molar refractivity (Wildman–Crippen MR) is 163 cm³/mol. The highest BCUT2D eigenvalue weighted by molar-refractivity contribution is 7.92. The molecule has 0 aliphatic rings. The molecule has 0 aliphatic carbocycles. The van der Waals surface area contributed by atoms with Crippen LogP contribution in [0.15, 0.2) is 77.7 Å². The van der Waals surface area contributed by atoms with Gasteiger partial charge in [-0.05, 0) is 87.4 Å². The average Bonchev–Trinajstić information content (AvgIpc) is 2.95. The van der Waals surface area contributed by atoms with Crippen molar-refractivity contribution in [3.05, 3.63) is 88.4 Å². The van der Waals surface area contributed by atoms with Crippen LogP contribution in [-0.4, -0.2) is 50.4 Å². The van der Waals surface area contributed by atoms with Gasteiger partial charge in [0.25, 0.3) is 10.0 Å². The summed E-state index contributed by atoms with van der Waals surface area (Å²) in [6.07, 6.45) is 0.710. The largest absolute Gasteiger partial charge is 0.494 e. The number of amides is 2. The molecule has 1 N–H and O–H groups in total. The Bertz CT molecular complexity index is 1430. The maximum absolute atomic E-state index is 14.0. The lowest BCUT2D eigenvalue weighted by Crippen LogP contribution is -2.52. The van der Waals surface area contributed by atoms with Crippen molar-refractivity contribution in [1.29, 1.82) is 0 Å². The molecule has 41 heavy (non-hydrogen) atoms. The van der Waals surface area contributed by atoms with Crippen LogP contribution in [0.1, 0.15) is 39.7 Å². The molecule has 0 aliphatic heterocycles. The van der Waals surface area contributed by atoms with Gasteiger partial charge in [-0.15, -0.1) is 0 Å². The summed E-state index contributed by atoms with van der Waals surface area (Å²) in [5.74, 6) is -0.377. The second kappa shape index (κ2) is 14.6. The highest BCUT2D eigenvalue weighted by atomic mass is 35.5. The van der Waals surface area contributed by atoms with Crippen molar-refractivity contribution < 1.29 is 22.7 Å². The number of rotatable bonds is 13. The number of ether oxygens (including phenoxy) is 1. The summed E-state index contributed by atoms with van der Waals surface area (Å²) >= 11 is 12.4. The minimum Gasteiger partial charge on any atom is -0.494 e. The third-order valence-corrected chi connectivity index (χ3v) is 8.99. The number of carbonyl (C=O) groups is 2. The third-order valence-electron chi connectivity index (χ3n) is 6.58. The van der Waals surface area contributed by atoms with E-state index in [2.05, 4.69) is 5.32 Å². The van der Waals surface area contributed by atoms with Crippen molar-refractivity contribution in [3.63, 3.8) is 0 Å². The van der Waals surface area contributed by atoms with Crippen LogP contribution in [0.3, 0.4) is 0 Å². The molecule has 0 heterocycles.